The van der Waals surface area contributed by atoms with Gasteiger partial charge in [-0.15, -0.1) is 0 Å². The van der Waals surface area contributed by atoms with Crippen LogP contribution in [0.5, 0.6) is 0 Å². The van der Waals surface area contributed by atoms with E-state index in [1.54, 1.807) is 18.9 Å². The highest BCUT2D eigenvalue weighted by Crippen LogP contribution is 2.29. The fourth-order valence-electron chi connectivity index (χ4n) is 1.78. The van der Waals surface area contributed by atoms with Gasteiger partial charge in [-0.3, -0.25) is 15.5 Å². The summed E-state index contributed by atoms with van der Waals surface area (Å²) >= 11 is 0. The van der Waals surface area contributed by atoms with Crippen LogP contribution in [0, 0.1) is 23.0 Å². The highest BCUT2D eigenvalue weighted by Gasteiger charge is 2.25. The molecule has 1 atom stereocenters. The maximum Gasteiger partial charge on any atom is 0.332 e. The molecular weight excluding hydrogens is 248 g/mol. The smallest absolute Gasteiger partial charge is 0.332 e. The molecule has 1 rings (SSSR count). The van der Waals surface area contributed by atoms with Gasteiger partial charge in [0.25, 0.3) is 0 Å². The van der Waals surface area contributed by atoms with E-state index in [1.165, 1.54) is 0 Å². The van der Waals surface area contributed by atoms with E-state index in [9.17, 15) is 10.1 Å². The van der Waals surface area contributed by atoms with Gasteiger partial charge in [0.05, 0.1) is 4.92 Å². The van der Waals surface area contributed by atoms with Gasteiger partial charge in [0.1, 0.15) is 5.69 Å². The normalized spacial score (nSPS) is 12.1. The number of nitrogen functional groups attached to an aromatic ring is 1. The summed E-state index contributed by atoms with van der Waals surface area (Å²) in [4.78, 5) is 20.5. The lowest BCUT2D eigenvalue weighted by atomic mass is 10.1. The second-order valence-electron chi connectivity index (χ2n) is 4.60. The number of nitrogens with one attached hydrogen (secondary N) is 1. The lowest BCUT2D eigenvalue weighted by Gasteiger charge is -2.22. The first-order chi connectivity index (χ1) is 8.90. The molecule has 0 bridgehead atoms. The molecule has 3 N–H and O–H groups in total. The van der Waals surface area contributed by atoms with Gasteiger partial charge in [-0.2, -0.15) is 4.98 Å². The van der Waals surface area contributed by atoms with E-state index < -0.39 is 4.92 Å². The average molecular weight is 268 g/mol. The molecule has 0 aromatic carbocycles. The molecule has 0 saturated carbocycles. The number of hydrogen-bond acceptors (Lipinski definition) is 7. The predicted octanol–water partition coefficient (Wildman–Crippen LogP) is 1.46. The summed E-state index contributed by atoms with van der Waals surface area (Å²) in [6, 6.07) is 0. The standard InChI is InChI=1S/C11H20N6O2/c1-5-7(2)6-16(4)10-9(17(18)19)8(3)13-11(14-10)15-12/h7H,5-6,12H2,1-4H3,(H,13,14,15). The predicted molar refractivity (Wildman–Crippen MR) is 74.0 cm³/mol. The molecule has 1 heterocycles. The zero-order valence-corrected chi connectivity index (χ0v) is 11.7. The van der Waals surface area contributed by atoms with Gasteiger partial charge in [0.15, 0.2) is 0 Å². The second kappa shape index (κ2) is 6.28. The molecule has 0 fully saturated rings. The zero-order chi connectivity index (χ0) is 14.6. The molecule has 0 aliphatic rings. The molecule has 1 aromatic heterocycles. The van der Waals surface area contributed by atoms with Crippen molar-refractivity contribution < 1.29 is 4.92 Å². The van der Waals surface area contributed by atoms with Crippen molar-refractivity contribution in [2.24, 2.45) is 11.8 Å². The Morgan fingerprint density at radius 2 is 2.16 bits per heavy atom. The Labute approximate surface area is 112 Å². The fraction of sp³-hybridized carbons (Fsp3) is 0.636. The summed E-state index contributed by atoms with van der Waals surface area (Å²) in [7, 11) is 1.78. The van der Waals surface area contributed by atoms with Crippen LogP contribution in [0.2, 0.25) is 0 Å². The molecule has 19 heavy (non-hydrogen) atoms. The average Bonchev–Trinajstić information content (AvgIpc) is 2.36. The first kappa shape index (κ1) is 15.1. The first-order valence-electron chi connectivity index (χ1n) is 6.11. The fourth-order valence-corrected chi connectivity index (χ4v) is 1.78. The van der Waals surface area contributed by atoms with E-state index in [0.717, 1.165) is 6.42 Å². The monoisotopic (exact) mass is 268 g/mol. The molecule has 8 heteroatoms. The third-order valence-corrected chi connectivity index (χ3v) is 3.00. The molecule has 106 valence electrons. The highest BCUT2D eigenvalue weighted by atomic mass is 16.6. The van der Waals surface area contributed by atoms with Gasteiger partial charge < -0.3 is 4.90 Å². The first-order valence-corrected chi connectivity index (χ1v) is 6.11. The van der Waals surface area contributed by atoms with Crippen molar-refractivity contribution in [3.05, 3.63) is 15.8 Å². The maximum atomic E-state index is 11.1. The molecule has 8 nitrogen and oxygen atoms in total. The number of aromatic nitrogens is 2. The van der Waals surface area contributed by atoms with Crippen molar-refractivity contribution in [1.82, 2.24) is 9.97 Å². The highest BCUT2D eigenvalue weighted by molar-refractivity contribution is 5.62. The van der Waals surface area contributed by atoms with E-state index >= 15 is 0 Å². The van der Waals surface area contributed by atoms with Crippen LogP contribution in [0.1, 0.15) is 26.0 Å². The summed E-state index contributed by atoms with van der Waals surface area (Å²) in [5.41, 5.74) is 2.54. The van der Waals surface area contributed by atoms with Gasteiger partial charge in [-0.05, 0) is 12.8 Å². The van der Waals surface area contributed by atoms with Crippen molar-refractivity contribution in [3.8, 4) is 0 Å². The van der Waals surface area contributed by atoms with E-state index in [1.807, 2.05) is 0 Å². The Morgan fingerprint density at radius 1 is 1.53 bits per heavy atom. The number of nitro groups is 1. The Hall–Kier alpha value is -1.96. The third-order valence-electron chi connectivity index (χ3n) is 3.00. The van der Waals surface area contributed by atoms with Crippen molar-refractivity contribution >= 4 is 17.5 Å². The summed E-state index contributed by atoms with van der Waals surface area (Å²) in [6.07, 6.45) is 0.990. The lowest BCUT2D eigenvalue weighted by molar-refractivity contribution is -0.385. The number of nitrogens with two attached hydrogens (primary N) is 1. The summed E-state index contributed by atoms with van der Waals surface area (Å²) in [5.74, 6) is 6.15. The van der Waals surface area contributed by atoms with Crippen LogP contribution in [0.25, 0.3) is 0 Å². The van der Waals surface area contributed by atoms with E-state index in [0.29, 0.717) is 18.2 Å². The molecule has 1 unspecified atom stereocenters. The number of nitrogens with zero attached hydrogens (tertiary/aromatic N) is 4. The molecular formula is C11H20N6O2. The topological polar surface area (TPSA) is 110 Å². The Kier molecular flexibility index (Phi) is 4.99. The minimum atomic E-state index is -0.460. The minimum absolute atomic E-state index is 0.0789. The van der Waals surface area contributed by atoms with Crippen molar-refractivity contribution in [1.29, 1.82) is 0 Å². The second-order valence-corrected chi connectivity index (χ2v) is 4.60. The third kappa shape index (κ3) is 3.50. The number of hydrazine groups is 1. The van der Waals surface area contributed by atoms with Crippen LogP contribution >= 0.6 is 0 Å². The van der Waals surface area contributed by atoms with Crippen molar-refractivity contribution in [2.45, 2.75) is 27.2 Å². The molecule has 0 aliphatic carbocycles. The Balaban J connectivity index is 3.22. The van der Waals surface area contributed by atoms with E-state index in [-0.39, 0.29) is 17.5 Å². The van der Waals surface area contributed by atoms with Crippen molar-refractivity contribution in [3.63, 3.8) is 0 Å². The minimum Gasteiger partial charge on any atom is -0.354 e. The number of aryl methyl sites for hydroxylation is 1. The van der Waals surface area contributed by atoms with Crippen molar-refractivity contribution in [2.75, 3.05) is 23.9 Å². The molecule has 1 aromatic rings. The van der Waals surface area contributed by atoms with Gasteiger partial charge in [0, 0.05) is 13.6 Å². The number of anilines is 2. The molecule has 0 spiro atoms. The van der Waals surface area contributed by atoms with Gasteiger partial charge in [0.2, 0.25) is 11.8 Å². The summed E-state index contributed by atoms with van der Waals surface area (Å²) in [5, 5.41) is 11.1. The van der Waals surface area contributed by atoms with Crippen LogP contribution in [0.15, 0.2) is 0 Å². The SMILES string of the molecule is CCC(C)CN(C)c1nc(NN)nc(C)c1[N+](=O)[O-]. The van der Waals surface area contributed by atoms with Crippen LogP contribution in [0.4, 0.5) is 17.5 Å². The Morgan fingerprint density at radius 3 is 2.63 bits per heavy atom. The maximum absolute atomic E-state index is 11.1. The summed E-state index contributed by atoms with van der Waals surface area (Å²) < 4.78 is 0. The molecule has 0 saturated heterocycles. The molecule has 0 amide bonds. The van der Waals surface area contributed by atoms with E-state index in [4.69, 9.17) is 5.84 Å². The zero-order valence-electron chi connectivity index (χ0n) is 11.7. The quantitative estimate of drug-likeness (QED) is 0.456. The van der Waals surface area contributed by atoms with Gasteiger partial charge in [-0.1, -0.05) is 20.3 Å². The molecule has 0 aliphatic heterocycles. The summed E-state index contributed by atoms with van der Waals surface area (Å²) in [6.45, 7) is 6.41. The van der Waals surface area contributed by atoms with Crippen LogP contribution in [-0.2, 0) is 0 Å². The number of rotatable bonds is 6. The largest absolute Gasteiger partial charge is 0.354 e. The Bertz CT molecular complexity index is 465. The number of hydrogen-bond donors (Lipinski definition) is 2. The van der Waals surface area contributed by atoms with Gasteiger partial charge >= 0.3 is 5.69 Å². The van der Waals surface area contributed by atoms with Crippen LogP contribution < -0.4 is 16.2 Å². The van der Waals surface area contributed by atoms with E-state index in [2.05, 4.69) is 29.2 Å². The molecule has 0 radical (unpaired) electrons. The van der Waals surface area contributed by atoms with Crippen LogP contribution in [-0.4, -0.2) is 28.5 Å². The lowest BCUT2D eigenvalue weighted by Crippen LogP contribution is -2.26. The van der Waals surface area contributed by atoms with Crippen LogP contribution in [0.3, 0.4) is 0 Å². The van der Waals surface area contributed by atoms with Gasteiger partial charge in [-0.25, -0.2) is 10.8 Å².